The lowest BCUT2D eigenvalue weighted by Crippen LogP contribution is -2.43. The molecule has 1 heterocycles. The van der Waals surface area contributed by atoms with Crippen LogP contribution in [0.1, 0.15) is 49.4 Å². The maximum Gasteiger partial charge on any atom is 0.287 e. The first-order chi connectivity index (χ1) is 10.0. The number of likely N-dealkylation sites (tertiary alicyclic amines) is 1. The summed E-state index contributed by atoms with van der Waals surface area (Å²) in [7, 11) is 0. The Hall–Kier alpha value is -1.62. The molecule has 0 aliphatic carbocycles. The van der Waals surface area contributed by atoms with E-state index in [1.54, 1.807) is 0 Å². The van der Waals surface area contributed by atoms with Gasteiger partial charge in [-0.15, -0.1) is 0 Å². The molecule has 6 heteroatoms. The molecule has 0 spiro atoms. The molecule has 0 saturated carbocycles. The van der Waals surface area contributed by atoms with Gasteiger partial charge in [0.15, 0.2) is 0 Å². The SMILES string of the molecule is CCCC1CCCCN1C(=O)c1ccc([N+](=O)[O-])c(Cl)c1. The molecule has 1 aliphatic heterocycles. The third-order valence-electron chi connectivity index (χ3n) is 3.90. The molecule has 1 aliphatic rings. The topological polar surface area (TPSA) is 63.5 Å². The summed E-state index contributed by atoms with van der Waals surface area (Å²) >= 11 is 5.89. The number of carbonyl (C=O) groups is 1. The zero-order valence-corrected chi connectivity index (χ0v) is 12.8. The number of hydrogen-bond donors (Lipinski definition) is 0. The Morgan fingerprint density at radius 1 is 1.48 bits per heavy atom. The van der Waals surface area contributed by atoms with Crippen LogP contribution in [0.3, 0.4) is 0 Å². The summed E-state index contributed by atoms with van der Waals surface area (Å²) in [4.78, 5) is 24.7. The Bertz CT molecular complexity index is 546. The molecule has 1 atom stereocenters. The molecule has 21 heavy (non-hydrogen) atoms. The van der Waals surface area contributed by atoms with Gasteiger partial charge in [0.25, 0.3) is 11.6 Å². The quantitative estimate of drug-likeness (QED) is 0.622. The summed E-state index contributed by atoms with van der Waals surface area (Å²) in [5, 5.41) is 10.8. The molecule has 2 rings (SSSR count). The van der Waals surface area contributed by atoms with Crippen LogP contribution in [0, 0.1) is 10.1 Å². The van der Waals surface area contributed by atoms with Crippen molar-refractivity contribution in [1.82, 2.24) is 4.90 Å². The van der Waals surface area contributed by atoms with Gasteiger partial charge in [-0.2, -0.15) is 0 Å². The third-order valence-corrected chi connectivity index (χ3v) is 4.20. The monoisotopic (exact) mass is 310 g/mol. The van der Waals surface area contributed by atoms with E-state index in [1.807, 2.05) is 4.90 Å². The van der Waals surface area contributed by atoms with Crippen molar-refractivity contribution in [3.8, 4) is 0 Å². The number of amides is 1. The second kappa shape index (κ2) is 6.89. The highest BCUT2D eigenvalue weighted by Crippen LogP contribution is 2.28. The first-order valence-electron chi connectivity index (χ1n) is 7.29. The number of halogens is 1. The van der Waals surface area contributed by atoms with Crippen LogP contribution in [0.5, 0.6) is 0 Å². The minimum Gasteiger partial charge on any atom is -0.336 e. The molecule has 1 unspecified atom stereocenters. The molecule has 1 amide bonds. The summed E-state index contributed by atoms with van der Waals surface area (Å²) in [6.07, 6.45) is 5.21. The largest absolute Gasteiger partial charge is 0.336 e. The zero-order valence-electron chi connectivity index (χ0n) is 12.0. The summed E-state index contributed by atoms with van der Waals surface area (Å²) in [5.41, 5.74) is 0.255. The van der Waals surface area contributed by atoms with Gasteiger partial charge in [0.05, 0.1) is 4.92 Å². The van der Waals surface area contributed by atoms with Crippen LogP contribution >= 0.6 is 11.6 Å². The summed E-state index contributed by atoms with van der Waals surface area (Å²) in [6.45, 7) is 2.86. The highest BCUT2D eigenvalue weighted by atomic mass is 35.5. The normalized spacial score (nSPS) is 18.6. The number of benzene rings is 1. The van der Waals surface area contributed by atoms with Crippen molar-refractivity contribution in [3.05, 3.63) is 38.9 Å². The lowest BCUT2D eigenvalue weighted by molar-refractivity contribution is -0.384. The van der Waals surface area contributed by atoms with Gasteiger partial charge in [0, 0.05) is 24.2 Å². The zero-order chi connectivity index (χ0) is 15.4. The Balaban J connectivity index is 2.22. The molecule has 1 aromatic rings. The van der Waals surface area contributed by atoms with E-state index in [-0.39, 0.29) is 22.7 Å². The van der Waals surface area contributed by atoms with Crippen LogP contribution in [0.2, 0.25) is 5.02 Å². The molecule has 0 radical (unpaired) electrons. The highest BCUT2D eigenvalue weighted by molar-refractivity contribution is 6.33. The van der Waals surface area contributed by atoms with Gasteiger partial charge in [-0.05, 0) is 37.8 Å². The molecular weight excluding hydrogens is 292 g/mol. The fourth-order valence-corrected chi connectivity index (χ4v) is 3.10. The molecule has 1 aromatic carbocycles. The van der Waals surface area contributed by atoms with Crippen LogP contribution in [-0.4, -0.2) is 28.3 Å². The number of nitro benzene ring substituents is 1. The Morgan fingerprint density at radius 2 is 2.24 bits per heavy atom. The fraction of sp³-hybridized carbons (Fsp3) is 0.533. The van der Waals surface area contributed by atoms with Gasteiger partial charge >= 0.3 is 0 Å². The average Bonchev–Trinajstić information content (AvgIpc) is 2.47. The minimum absolute atomic E-state index is 0.00917. The molecule has 1 fully saturated rings. The number of rotatable bonds is 4. The van der Waals surface area contributed by atoms with Crippen LogP contribution in [0.25, 0.3) is 0 Å². The maximum absolute atomic E-state index is 12.6. The van der Waals surface area contributed by atoms with Gasteiger partial charge in [-0.25, -0.2) is 0 Å². The van der Waals surface area contributed by atoms with Crippen LogP contribution < -0.4 is 0 Å². The number of carbonyl (C=O) groups excluding carboxylic acids is 1. The lowest BCUT2D eigenvalue weighted by atomic mass is 9.97. The van der Waals surface area contributed by atoms with Crippen molar-refractivity contribution >= 4 is 23.2 Å². The van der Waals surface area contributed by atoms with Crippen LogP contribution in [0.4, 0.5) is 5.69 Å². The molecule has 0 N–H and O–H groups in total. The molecule has 114 valence electrons. The first-order valence-corrected chi connectivity index (χ1v) is 7.67. The van der Waals surface area contributed by atoms with Crippen molar-refractivity contribution in [2.24, 2.45) is 0 Å². The van der Waals surface area contributed by atoms with Gasteiger partial charge in [-0.1, -0.05) is 24.9 Å². The first kappa shape index (κ1) is 15.8. The molecule has 1 saturated heterocycles. The number of nitrogens with zero attached hydrogens (tertiary/aromatic N) is 2. The molecular formula is C15H19ClN2O3. The van der Waals surface area contributed by atoms with Crippen molar-refractivity contribution in [3.63, 3.8) is 0 Å². The Morgan fingerprint density at radius 3 is 2.86 bits per heavy atom. The van der Waals surface area contributed by atoms with Crippen molar-refractivity contribution < 1.29 is 9.72 Å². The van der Waals surface area contributed by atoms with E-state index < -0.39 is 4.92 Å². The second-order valence-electron chi connectivity index (χ2n) is 5.36. The van der Waals surface area contributed by atoms with E-state index in [1.165, 1.54) is 18.2 Å². The van der Waals surface area contributed by atoms with Crippen LogP contribution in [-0.2, 0) is 0 Å². The Labute approximate surface area is 129 Å². The number of nitro groups is 1. The summed E-state index contributed by atoms with van der Waals surface area (Å²) < 4.78 is 0. The number of piperidine rings is 1. The molecule has 5 nitrogen and oxygen atoms in total. The lowest BCUT2D eigenvalue weighted by Gasteiger charge is -2.35. The van der Waals surface area contributed by atoms with E-state index >= 15 is 0 Å². The van der Waals surface area contributed by atoms with Gasteiger partial charge in [0.1, 0.15) is 5.02 Å². The van der Waals surface area contributed by atoms with E-state index in [0.29, 0.717) is 5.56 Å². The van der Waals surface area contributed by atoms with E-state index in [4.69, 9.17) is 11.6 Å². The maximum atomic E-state index is 12.6. The molecule has 0 aromatic heterocycles. The minimum atomic E-state index is -0.544. The number of hydrogen-bond acceptors (Lipinski definition) is 3. The summed E-state index contributed by atoms with van der Waals surface area (Å²) in [6, 6.07) is 4.46. The van der Waals surface area contributed by atoms with Crippen molar-refractivity contribution in [2.45, 2.75) is 45.1 Å². The fourth-order valence-electron chi connectivity index (χ4n) is 2.86. The van der Waals surface area contributed by atoms with Gasteiger partial charge in [0.2, 0.25) is 0 Å². The van der Waals surface area contributed by atoms with E-state index in [2.05, 4.69) is 6.92 Å². The van der Waals surface area contributed by atoms with Gasteiger partial charge in [-0.3, -0.25) is 14.9 Å². The van der Waals surface area contributed by atoms with Gasteiger partial charge < -0.3 is 4.90 Å². The standard InChI is InChI=1S/C15H19ClN2O3/c1-2-5-12-6-3-4-9-17(12)15(19)11-7-8-14(18(20)21)13(16)10-11/h7-8,10,12H,2-6,9H2,1H3. The smallest absolute Gasteiger partial charge is 0.287 e. The Kier molecular flexibility index (Phi) is 5.17. The van der Waals surface area contributed by atoms with Crippen molar-refractivity contribution in [1.29, 1.82) is 0 Å². The predicted octanol–water partition coefficient (Wildman–Crippen LogP) is 4.04. The average molecular weight is 311 g/mol. The van der Waals surface area contributed by atoms with Crippen molar-refractivity contribution in [2.75, 3.05) is 6.54 Å². The molecule has 0 bridgehead atoms. The summed E-state index contributed by atoms with van der Waals surface area (Å²) in [5.74, 6) is -0.0788. The third kappa shape index (κ3) is 3.53. The second-order valence-corrected chi connectivity index (χ2v) is 5.77. The van der Waals surface area contributed by atoms with E-state index in [0.717, 1.165) is 38.6 Å². The predicted molar refractivity (Wildman–Crippen MR) is 81.7 cm³/mol. The van der Waals surface area contributed by atoms with E-state index in [9.17, 15) is 14.9 Å². The van der Waals surface area contributed by atoms with Crippen LogP contribution in [0.15, 0.2) is 18.2 Å². The highest BCUT2D eigenvalue weighted by Gasteiger charge is 2.27.